The zero-order valence-corrected chi connectivity index (χ0v) is 20.5. The third-order valence-corrected chi connectivity index (χ3v) is 6.37. The van der Waals surface area contributed by atoms with Gasteiger partial charge in [0, 0.05) is 10.6 Å². The number of hydrogen-bond donors (Lipinski definition) is 0. The molecule has 0 saturated carbocycles. The largest absolute Gasteiger partial charge is 0.497 e. The van der Waals surface area contributed by atoms with Gasteiger partial charge in [-0.1, -0.05) is 11.8 Å². The number of rotatable bonds is 10. The predicted octanol–water partition coefficient (Wildman–Crippen LogP) is 4.86. The number of aryl methyl sites for hydroxylation is 1. The second-order valence-corrected chi connectivity index (χ2v) is 8.68. The van der Waals surface area contributed by atoms with Crippen LogP contribution in [0.15, 0.2) is 46.0 Å². The number of benzene rings is 2. The molecule has 170 valence electrons. The first kappa shape index (κ1) is 23.9. The molecule has 1 aromatic heterocycles. The van der Waals surface area contributed by atoms with Crippen molar-refractivity contribution in [1.29, 1.82) is 0 Å². The Morgan fingerprint density at radius 3 is 2.50 bits per heavy atom. The molecule has 11 heteroatoms. The maximum atomic E-state index is 11.5. The summed E-state index contributed by atoms with van der Waals surface area (Å²) in [4.78, 5) is 11.1. The minimum atomic E-state index is -0.536. The van der Waals surface area contributed by atoms with Crippen LogP contribution >= 0.6 is 27.7 Å². The van der Waals surface area contributed by atoms with E-state index in [9.17, 15) is 10.1 Å². The number of aromatic nitrogens is 3. The summed E-state index contributed by atoms with van der Waals surface area (Å²) >= 11 is 4.77. The maximum absolute atomic E-state index is 11.5. The predicted molar refractivity (Wildman–Crippen MR) is 125 cm³/mol. The fourth-order valence-corrected chi connectivity index (χ4v) is 4.86. The topological polar surface area (TPSA) is 102 Å². The minimum Gasteiger partial charge on any atom is -0.497 e. The summed E-state index contributed by atoms with van der Waals surface area (Å²) < 4.78 is 18.9. The number of methoxy groups -OCH3 is 2. The Morgan fingerprint density at radius 1 is 1.19 bits per heavy atom. The Kier molecular flexibility index (Phi) is 7.97. The van der Waals surface area contributed by atoms with E-state index in [0.717, 1.165) is 11.4 Å². The van der Waals surface area contributed by atoms with E-state index in [1.807, 2.05) is 48.7 Å². The van der Waals surface area contributed by atoms with E-state index < -0.39 is 5.25 Å². The van der Waals surface area contributed by atoms with E-state index in [1.165, 1.54) is 18.9 Å². The number of ether oxygens (including phenoxy) is 3. The van der Waals surface area contributed by atoms with Crippen molar-refractivity contribution in [3.63, 3.8) is 0 Å². The molecule has 0 unspecified atom stereocenters. The van der Waals surface area contributed by atoms with Crippen LogP contribution in [0.3, 0.4) is 0 Å². The summed E-state index contributed by atoms with van der Waals surface area (Å²) in [5.74, 6) is 2.45. The Hall–Kier alpha value is -2.79. The van der Waals surface area contributed by atoms with Gasteiger partial charge in [0.1, 0.15) is 16.8 Å². The Labute approximate surface area is 198 Å². The number of thioether (sulfide) groups is 1. The van der Waals surface area contributed by atoms with Crippen LogP contribution in [-0.4, -0.2) is 47.1 Å². The molecule has 3 aromatic rings. The molecule has 0 aliphatic carbocycles. The standard InChI is InChI=1S/C21H23BrN4O5S/c1-5-31-20-17(22)10-14(11-18(20)30-4)19(12-25(27)28)32-21-24-23-13(2)26(21)15-6-8-16(29-3)9-7-15/h6-11,19H,5,12H2,1-4H3/t19-/m0/s1. The lowest BCUT2D eigenvalue weighted by atomic mass is 10.1. The highest BCUT2D eigenvalue weighted by atomic mass is 79.9. The van der Waals surface area contributed by atoms with Gasteiger partial charge in [-0.05, 0) is 71.7 Å². The highest BCUT2D eigenvalue weighted by Gasteiger charge is 2.26. The van der Waals surface area contributed by atoms with Crippen LogP contribution in [0.25, 0.3) is 5.69 Å². The fourth-order valence-electron chi connectivity index (χ4n) is 3.13. The summed E-state index contributed by atoms with van der Waals surface area (Å²) in [5.41, 5.74) is 1.54. The van der Waals surface area contributed by atoms with Crippen molar-refractivity contribution >= 4 is 27.7 Å². The summed E-state index contributed by atoms with van der Waals surface area (Å²) in [6, 6.07) is 11.0. The molecule has 0 N–H and O–H groups in total. The van der Waals surface area contributed by atoms with Gasteiger partial charge >= 0.3 is 0 Å². The van der Waals surface area contributed by atoms with Crippen molar-refractivity contribution < 1.29 is 19.1 Å². The Bertz CT molecular complexity index is 1090. The lowest BCUT2D eigenvalue weighted by Gasteiger charge is -2.18. The van der Waals surface area contributed by atoms with Gasteiger partial charge in [0.2, 0.25) is 6.54 Å². The van der Waals surface area contributed by atoms with E-state index in [0.29, 0.717) is 39.1 Å². The smallest absolute Gasteiger partial charge is 0.220 e. The van der Waals surface area contributed by atoms with E-state index in [2.05, 4.69) is 26.1 Å². The van der Waals surface area contributed by atoms with Crippen LogP contribution in [0, 0.1) is 17.0 Å². The van der Waals surface area contributed by atoms with Crippen molar-refractivity contribution in [2.45, 2.75) is 24.3 Å². The van der Waals surface area contributed by atoms with Crippen molar-refractivity contribution in [2.24, 2.45) is 0 Å². The molecule has 0 bridgehead atoms. The van der Waals surface area contributed by atoms with Crippen molar-refractivity contribution in [2.75, 3.05) is 27.4 Å². The zero-order valence-electron chi connectivity index (χ0n) is 18.1. The molecule has 0 saturated heterocycles. The molecule has 0 amide bonds. The quantitative estimate of drug-likeness (QED) is 0.211. The van der Waals surface area contributed by atoms with Crippen LogP contribution in [0.1, 0.15) is 23.6 Å². The Morgan fingerprint density at radius 2 is 1.91 bits per heavy atom. The van der Waals surface area contributed by atoms with Crippen molar-refractivity contribution in [1.82, 2.24) is 14.8 Å². The summed E-state index contributed by atoms with van der Waals surface area (Å²) in [6.07, 6.45) is 0. The van der Waals surface area contributed by atoms with Crippen LogP contribution in [0.2, 0.25) is 0 Å². The van der Waals surface area contributed by atoms with E-state index >= 15 is 0 Å². The summed E-state index contributed by atoms with van der Waals surface area (Å²) in [6.45, 7) is 3.87. The molecular formula is C21H23BrN4O5S. The molecule has 32 heavy (non-hydrogen) atoms. The minimum absolute atomic E-state index is 0.303. The molecular weight excluding hydrogens is 500 g/mol. The molecule has 0 aliphatic rings. The lowest BCUT2D eigenvalue weighted by molar-refractivity contribution is -0.479. The SMILES string of the molecule is CCOc1c(Br)cc([C@H](C[N+](=O)[O-])Sc2nnc(C)n2-c2ccc(OC)cc2)cc1OC. The molecule has 0 fully saturated rings. The van der Waals surface area contributed by atoms with E-state index in [4.69, 9.17) is 14.2 Å². The van der Waals surface area contributed by atoms with Crippen LogP contribution in [0.5, 0.6) is 17.2 Å². The third-order valence-electron chi connectivity index (χ3n) is 4.60. The molecule has 0 radical (unpaired) electrons. The molecule has 9 nitrogen and oxygen atoms in total. The average Bonchev–Trinajstić information content (AvgIpc) is 3.14. The van der Waals surface area contributed by atoms with Gasteiger partial charge in [0.05, 0.1) is 25.3 Å². The highest BCUT2D eigenvalue weighted by molar-refractivity contribution is 9.10. The number of hydrogen-bond acceptors (Lipinski definition) is 8. The lowest BCUT2D eigenvalue weighted by Crippen LogP contribution is -2.12. The summed E-state index contributed by atoms with van der Waals surface area (Å²) in [7, 11) is 3.14. The first-order chi connectivity index (χ1) is 15.4. The number of nitro groups is 1. The summed E-state index contributed by atoms with van der Waals surface area (Å²) in [5, 5.41) is 20.0. The van der Waals surface area contributed by atoms with Crippen molar-refractivity contribution in [3.8, 4) is 22.9 Å². The van der Waals surface area contributed by atoms with Crippen molar-refractivity contribution in [3.05, 3.63) is 62.4 Å². The molecule has 1 heterocycles. The molecule has 0 aliphatic heterocycles. The van der Waals surface area contributed by atoms with Gasteiger partial charge < -0.3 is 14.2 Å². The van der Waals surface area contributed by atoms with Crippen LogP contribution < -0.4 is 14.2 Å². The fraction of sp³-hybridized carbons (Fsp3) is 0.333. The van der Waals surface area contributed by atoms with Crippen LogP contribution in [-0.2, 0) is 0 Å². The van der Waals surface area contributed by atoms with E-state index in [1.54, 1.807) is 13.2 Å². The first-order valence-corrected chi connectivity index (χ1v) is 11.4. The molecule has 2 aromatic carbocycles. The first-order valence-electron chi connectivity index (χ1n) is 9.73. The van der Waals surface area contributed by atoms with Gasteiger partial charge in [-0.3, -0.25) is 14.7 Å². The maximum Gasteiger partial charge on any atom is 0.220 e. The molecule has 3 rings (SSSR count). The third kappa shape index (κ3) is 5.33. The van der Waals surface area contributed by atoms with Crippen LogP contribution in [0.4, 0.5) is 0 Å². The van der Waals surface area contributed by atoms with Gasteiger partial charge in [-0.2, -0.15) is 0 Å². The Balaban J connectivity index is 2.01. The molecule has 0 spiro atoms. The monoisotopic (exact) mass is 522 g/mol. The van der Waals surface area contributed by atoms with Gasteiger partial charge in [0.25, 0.3) is 0 Å². The normalized spacial score (nSPS) is 11.8. The molecule has 1 atom stereocenters. The van der Waals surface area contributed by atoms with Gasteiger partial charge in [0.15, 0.2) is 16.7 Å². The highest BCUT2D eigenvalue weighted by Crippen LogP contribution is 2.43. The van der Waals surface area contributed by atoms with Gasteiger partial charge in [-0.15, -0.1) is 10.2 Å². The number of nitrogens with zero attached hydrogens (tertiary/aromatic N) is 4. The van der Waals surface area contributed by atoms with Gasteiger partial charge in [-0.25, -0.2) is 0 Å². The van der Waals surface area contributed by atoms with E-state index in [-0.39, 0.29) is 11.5 Å². The second kappa shape index (κ2) is 10.7. The number of halogens is 1. The zero-order chi connectivity index (χ0) is 23.3. The average molecular weight is 523 g/mol. The second-order valence-electron chi connectivity index (χ2n) is 6.65.